The quantitative estimate of drug-likeness (QED) is 0.887. The van der Waals surface area contributed by atoms with Crippen LogP contribution in [0.5, 0.6) is 0 Å². The minimum atomic E-state index is -0.408. The average Bonchev–Trinajstić information content (AvgIpc) is 2.45. The van der Waals surface area contributed by atoms with Gasteiger partial charge < -0.3 is 10.6 Å². The molecule has 1 amide bonds. The first kappa shape index (κ1) is 14.9. The summed E-state index contributed by atoms with van der Waals surface area (Å²) < 4.78 is 13.1. The lowest BCUT2D eigenvalue weighted by Crippen LogP contribution is -2.15. The van der Waals surface area contributed by atoms with E-state index in [0.29, 0.717) is 17.4 Å². The molecule has 0 fully saturated rings. The van der Waals surface area contributed by atoms with Crippen LogP contribution in [0.15, 0.2) is 36.7 Å². The molecular formula is C15H17FN4O. The molecule has 2 aromatic rings. The maximum absolute atomic E-state index is 13.1. The number of rotatable bonds is 5. The summed E-state index contributed by atoms with van der Waals surface area (Å²) in [6.07, 6.45) is 1.32. The van der Waals surface area contributed by atoms with Crippen LogP contribution < -0.4 is 10.6 Å². The zero-order valence-corrected chi connectivity index (χ0v) is 11.9. The highest BCUT2D eigenvalue weighted by atomic mass is 19.1. The van der Waals surface area contributed by atoms with E-state index < -0.39 is 11.7 Å². The van der Waals surface area contributed by atoms with Crippen LogP contribution in [0.25, 0.3) is 0 Å². The third kappa shape index (κ3) is 4.52. The van der Waals surface area contributed by atoms with Crippen LogP contribution in [0.4, 0.5) is 15.9 Å². The number of aromatic nitrogens is 2. The normalized spacial score (nSPS) is 10.5. The number of anilines is 2. The van der Waals surface area contributed by atoms with Gasteiger partial charge in [0.25, 0.3) is 5.91 Å². The zero-order chi connectivity index (χ0) is 15.2. The third-order valence-corrected chi connectivity index (χ3v) is 2.67. The fraction of sp³-hybridized carbons (Fsp3) is 0.267. The van der Waals surface area contributed by atoms with Crippen LogP contribution in [-0.4, -0.2) is 22.4 Å². The van der Waals surface area contributed by atoms with Crippen molar-refractivity contribution in [2.45, 2.75) is 13.8 Å². The summed E-state index contributed by atoms with van der Waals surface area (Å²) in [5.41, 5.74) is 0.607. The van der Waals surface area contributed by atoms with Crippen molar-refractivity contribution in [3.63, 3.8) is 0 Å². The van der Waals surface area contributed by atoms with E-state index in [1.807, 2.05) is 0 Å². The van der Waals surface area contributed by atoms with E-state index in [1.54, 1.807) is 12.1 Å². The van der Waals surface area contributed by atoms with Gasteiger partial charge in [0.1, 0.15) is 23.7 Å². The molecular weight excluding hydrogens is 271 g/mol. The number of hydrogen-bond acceptors (Lipinski definition) is 4. The minimum Gasteiger partial charge on any atom is -0.370 e. The first-order chi connectivity index (χ1) is 10.0. The number of benzene rings is 1. The van der Waals surface area contributed by atoms with Gasteiger partial charge in [0.2, 0.25) is 0 Å². The summed E-state index contributed by atoms with van der Waals surface area (Å²) in [7, 11) is 0. The van der Waals surface area contributed by atoms with Gasteiger partial charge in [-0.25, -0.2) is 14.4 Å². The highest BCUT2D eigenvalue weighted by Crippen LogP contribution is 2.11. The van der Waals surface area contributed by atoms with Gasteiger partial charge in [0.05, 0.1) is 0 Å². The molecule has 1 aromatic carbocycles. The molecule has 0 radical (unpaired) electrons. The van der Waals surface area contributed by atoms with E-state index in [0.717, 1.165) is 6.54 Å². The van der Waals surface area contributed by atoms with Gasteiger partial charge in [0.15, 0.2) is 0 Å². The predicted octanol–water partition coefficient (Wildman–Crippen LogP) is 2.94. The molecule has 5 nitrogen and oxygen atoms in total. The van der Waals surface area contributed by atoms with Crippen molar-refractivity contribution in [1.82, 2.24) is 9.97 Å². The van der Waals surface area contributed by atoms with Gasteiger partial charge in [-0.15, -0.1) is 0 Å². The van der Waals surface area contributed by atoms with Gasteiger partial charge in [-0.2, -0.15) is 0 Å². The summed E-state index contributed by atoms with van der Waals surface area (Å²) in [4.78, 5) is 20.0. The second-order valence-electron chi connectivity index (χ2n) is 5.03. The Balaban J connectivity index is 2.07. The van der Waals surface area contributed by atoms with E-state index in [-0.39, 0.29) is 5.69 Å². The molecule has 21 heavy (non-hydrogen) atoms. The van der Waals surface area contributed by atoms with Gasteiger partial charge in [0, 0.05) is 18.3 Å². The van der Waals surface area contributed by atoms with E-state index in [9.17, 15) is 9.18 Å². The molecule has 2 N–H and O–H groups in total. The molecule has 0 saturated heterocycles. The lowest BCUT2D eigenvalue weighted by Gasteiger charge is -2.09. The average molecular weight is 288 g/mol. The fourth-order valence-corrected chi connectivity index (χ4v) is 1.65. The molecule has 1 aromatic heterocycles. The number of carbonyl (C=O) groups excluding carboxylic acids is 1. The van der Waals surface area contributed by atoms with E-state index in [1.165, 1.54) is 24.5 Å². The van der Waals surface area contributed by atoms with Crippen LogP contribution in [0.1, 0.15) is 24.3 Å². The van der Waals surface area contributed by atoms with Crippen LogP contribution in [-0.2, 0) is 0 Å². The monoisotopic (exact) mass is 288 g/mol. The zero-order valence-electron chi connectivity index (χ0n) is 11.9. The molecule has 0 aliphatic carbocycles. The SMILES string of the molecule is CC(C)CNc1cc(C(=O)Nc2cccc(F)c2)ncn1. The van der Waals surface area contributed by atoms with Crippen molar-refractivity contribution in [2.75, 3.05) is 17.2 Å². The smallest absolute Gasteiger partial charge is 0.274 e. The number of nitrogens with zero attached hydrogens (tertiary/aromatic N) is 2. The van der Waals surface area contributed by atoms with E-state index in [4.69, 9.17) is 0 Å². The van der Waals surface area contributed by atoms with Crippen LogP contribution in [0.2, 0.25) is 0 Å². The van der Waals surface area contributed by atoms with E-state index >= 15 is 0 Å². The van der Waals surface area contributed by atoms with Crippen LogP contribution in [0.3, 0.4) is 0 Å². The standard InChI is InChI=1S/C15H17FN4O/c1-10(2)8-17-14-7-13(18-9-19-14)15(21)20-12-5-3-4-11(16)6-12/h3-7,9-10H,8H2,1-2H3,(H,20,21)(H,17,18,19). The van der Waals surface area contributed by atoms with Crippen molar-refractivity contribution in [3.05, 3.63) is 48.2 Å². The Morgan fingerprint density at radius 3 is 2.81 bits per heavy atom. The summed E-state index contributed by atoms with van der Waals surface area (Å²) in [6, 6.07) is 7.27. The molecule has 0 aliphatic rings. The first-order valence-electron chi connectivity index (χ1n) is 6.67. The maximum Gasteiger partial charge on any atom is 0.274 e. The summed E-state index contributed by atoms with van der Waals surface area (Å²) in [5, 5.41) is 5.72. The summed E-state index contributed by atoms with van der Waals surface area (Å²) in [6.45, 7) is 4.90. The molecule has 0 bridgehead atoms. The molecule has 1 heterocycles. The maximum atomic E-state index is 13.1. The molecule has 0 atom stereocenters. The molecule has 6 heteroatoms. The third-order valence-electron chi connectivity index (χ3n) is 2.67. The Morgan fingerprint density at radius 2 is 2.10 bits per heavy atom. The number of hydrogen-bond donors (Lipinski definition) is 2. The van der Waals surface area contributed by atoms with Gasteiger partial charge in [-0.1, -0.05) is 19.9 Å². The first-order valence-corrected chi connectivity index (χ1v) is 6.67. The largest absolute Gasteiger partial charge is 0.370 e. The Bertz CT molecular complexity index is 631. The predicted molar refractivity (Wildman–Crippen MR) is 79.7 cm³/mol. The Morgan fingerprint density at radius 1 is 1.29 bits per heavy atom. The van der Waals surface area contributed by atoms with Crippen molar-refractivity contribution in [3.8, 4) is 0 Å². The fourth-order valence-electron chi connectivity index (χ4n) is 1.65. The lowest BCUT2D eigenvalue weighted by molar-refractivity contribution is 0.102. The Hall–Kier alpha value is -2.50. The van der Waals surface area contributed by atoms with Gasteiger partial charge in [-0.05, 0) is 24.1 Å². The van der Waals surface area contributed by atoms with Crippen molar-refractivity contribution in [2.24, 2.45) is 5.92 Å². The van der Waals surface area contributed by atoms with E-state index in [2.05, 4.69) is 34.4 Å². The topological polar surface area (TPSA) is 66.9 Å². The lowest BCUT2D eigenvalue weighted by atomic mass is 10.2. The minimum absolute atomic E-state index is 0.223. The number of amides is 1. The number of halogens is 1. The summed E-state index contributed by atoms with van der Waals surface area (Å²) >= 11 is 0. The second kappa shape index (κ2) is 6.78. The molecule has 0 saturated carbocycles. The van der Waals surface area contributed by atoms with Crippen LogP contribution in [0, 0.1) is 11.7 Å². The number of nitrogens with one attached hydrogen (secondary N) is 2. The van der Waals surface area contributed by atoms with Gasteiger partial charge in [-0.3, -0.25) is 4.79 Å². The van der Waals surface area contributed by atoms with Crippen molar-refractivity contribution in [1.29, 1.82) is 0 Å². The highest BCUT2D eigenvalue weighted by molar-refractivity contribution is 6.03. The second-order valence-corrected chi connectivity index (χ2v) is 5.03. The van der Waals surface area contributed by atoms with Gasteiger partial charge >= 0.3 is 0 Å². The molecule has 2 rings (SSSR count). The highest BCUT2D eigenvalue weighted by Gasteiger charge is 2.09. The molecule has 110 valence electrons. The molecule has 0 aliphatic heterocycles. The van der Waals surface area contributed by atoms with Crippen molar-refractivity contribution >= 4 is 17.4 Å². The van der Waals surface area contributed by atoms with Crippen LogP contribution >= 0.6 is 0 Å². The van der Waals surface area contributed by atoms with Crippen molar-refractivity contribution < 1.29 is 9.18 Å². The Labute approximate surface area is 122 Å². The summed E-state index contributed by atoms with van der Waals surface area (Å²) in [5.74, 6) is 0.234. The molecule has 0 unspecified atom stereocenters. The Kier molecular flexibility index (Phi) is 4.81. The number of carbonyl (C=O) groups is 1. The molecule has 0 spiro atoms.